The first-order valence-electron chi connectivity index (χ1n) is 3.79. The fourth-order valence-electron chi connectivity index (χ4n) is 0.744. The summed E-state index contributed by atoms with van der Waals surface area (Å²) in [6.07, 6.45) is 0.334. The van der Waals surface area contributed by atoms with E-state index in [-0.39, 0.29) is 5.97 Å². The summed E-state index contributed by atoms with van der Waals surface area (Å²) in [5.41, 5.74) is 0. The van der Waals surface area contributed by atoms with E-state index in [2.05, 4.69) is 0 Å². The maximum absolute atomic E-state index is 10.9. The second-order valence-corrected chi connectivity index (χ2v) is 3.22. The van der Waals surface area contributed by atoms with Gasteiger partial charge in [-0.25, -0.2) is 0 Å². The first kappa shape index (κ1) is 10.4. The summed E-state index contributed by atoms with van der Waals surface area (Å²) >= 11 is 11.4. The highest BCUT2D eigenvalue weighted by molar-refractivity contribution is 6.42. The molecule has 0 fully saturated rings. The van der Waals surface area contributed by atoms with Crippen LogP contribution < -0.4 is 4.74 Å². The molecule has 0 aliphatic rings. The number of hydrogen-bond acceptors (Lipinski definition) is 2. The molecule has 0 N–H and O–H groups in total. The van der Waals surface area contributed by atoms with Gasteiger partial charge in [0.05, 0.1) is 10.0 Å². The lowest BCUT2D eigenvalue weighted by Crippen LogP contribution is -2.05. The topological polar surface area (TPSA) is 26.3 Å². The summed E-state index contributed by atoms with van der Waals surface area (Å²) in [5, 5.41) is 0.820. The summed E-state index contributed by atoms with van der Waals surface area (Å²) in [4.78, 5) is 10.9. The zero-order chi connectivity index (χ0) is 9.84. The highest BCUT2D eigenvalue weighted by Gasteiger charge is 2.03. The Hall–Kier alpha value is -0.730. The van der Waals surface area contributed by atoms with Crippen molar-refractivity contribution in [3.8, 4) is 5.75 Å². The predicted octanol–water partition coefficient (Wildman–Crippen LogP) is 3.31. The lowest BCUT2D eigenvalue weighted by Gasteiger charge is -2.03. The lowest BCUT2D eigenvalue weighted by atomic mass is 10.3. The molecule has 4 heteroatoms. The second-order valence-electron chi connectivity index (χ2n) is 2.40. The van der Waals surface area contributed by atoms with Gasteiger partial charge in [0.15, 0.2) is 0 Å². The number of carbonyl (C=O) groups excluding carboxylic acids is 1. The number of ether oxygens (including phenoxy) is 1. The molecule has 2 nitrogen and oxygen atoms in total. The van der Waals surface area contributed by atoms with Crippen LogP contribution in [0, 0.1) is 0 Å². The summed E-state index contributed by atoms with van der Waals surface area (Å²) < 4.78 is 4.92. The van der Waals surface area contributed by atoms with Gasteiger partial charge >= 0.3 is 5.97 Å². The van der Waals surface area contributed by atoms with E-state index in [1.807, 2.05) is 0 Å². The number of carbonyl (C=O) groups is 1. The molecule has 0 amide bonds. The Morgan fingerprint density at radius 2 is 2.08 bits per heavy atom. The minimum atomic E-state index is -0.293. The summed E-state index contributed by atoms with van der Waals surface area (Å²) in [7, 11) is 0. The monoisotopic (exact) mass is 218 g/mol. The van der Waals surface area contributed by atoms with E-state index in [9.17, 15) is 4.79 Å². The average Bonchev–Trinajstić information content (AvgIpc) is 2.11. The molecule has 0 atom stereocenters. The van der Waals surface area contributed by atoms with Gasteiger partial charge in [0.2, 0.25) is 0 Å². The van der Waals surface area contributed by atoms with Gasteiger partial charge in [0, 0.05) is 12.5 Å². The Balaban J connectivity index is 2.79. The van der Waals surface area contributed by atoms with Gasteiger partial charge in [-0.2, -0.15) is 0 Å². The molecule has 13 heavy (non-hydrogen) atoms. The van der Waals surface area contributed by atoms with Gasteiger partial charge in [-0.1, -0.05) is 30.1 Å². The van der Waals surface area contributed by atoms with Crippen LogP contribution in [0.25, 0.3) is 0 Å². The largest absolute Gasteiger partial charge is 0.426 e. The zero-order valence-corrected chi connectivity index (χ0v) is 8.52. The van der Waals surface area contributed by atoms with Crippen molar-refractivity contribution in [1.29, 1.82) is 0 Å². The molecule has 0 unspecified atom stereocenters. The second kappa shape index (κ2) is 4.49. The molecule has 70 valence electrons. The van der Waals surface area contributed by atoms with Gasteiger partial charge in [-0.15, -0.1) is 0 Å². The summed E-state index contributed by atoms with van der Waals surface area (Å²) in [6, 6.07) is 4.70. The van der Waals surface area contributed by atoms with Crippen LogP contribution in [-0.4, -0.2) is 5.97 Å². The molecular formula is C9H8Cl2O2. The van der Waals surface area contributed by atoms with Crippen molar-refractivity contribution in [2.24, 2.45) is 0 Å². The molecule has 1 aromatic carbocycles. The highest BCUT2D eigenvalue weighted by Crippen LogP contribution is 2.26. The number of esters is 1. The van der Waals surface area contributed by atoms with Gasteiger partial charge < -0.3 is 4.74 Å². The Bertz CT molecular complexity index is 323. The normalized spacial score (nSPS) is 9.77. The van der Waals surface area contributed by atoms with Crippen molar-refractivity contribution in [1.82, 2.24) is 0 Å². The molecule has 1 rings (SSSR count). The van der Waals surface area contributed by atoms with Crippen LogP contribution in [0.3, 0.4) is 0 Å². The maximum atomic E-state index is 10.9. The molecule has 0 spiro atoms. The molecule has 0 aromatic heterocycles. The number of hydrogen-bond donors (Lipinski definition) is 0. The van der Waals surface area contributed by atoms with Crippen molar-refractivity contribution in [2.75, 3.05) is 0 Å². The van der Waals surface area contributed by atoms with E-state index >= 15 is 0 Å². The fraction of sp³-hybridized carbons (Fsp3) is 0.222. The van der Waals surface area contributed by atoms with Crippen LogP contribution in [0.15, 0.2) is 18.2 Å². The van der Waals surface area contributed by atoms with E-state index in [0.717, 1.165) is 0 Å². The molecule has 0 aliphatic heterocycles. The molecule has 0 bridgehead atoms. The Morgan fingerprint density at radius 3 is 2.62 bits per heavy atom. The maximum Gasteiger partial charge on any atom is 0.310 e. The zero-order valence-electron chi connectivity index (χ0n) is 7.01. The quantitative estimate of drug-likeness (QED) is 0.563. The minimum absolute atomic E-state index is 0.293. The SMILES string of the molecule is CCC(=O)Oc1ccc(Cl)c(Cl)c1. The van der Waals surface area contributed by atoms with Gasteiger partial charge in [0.25, 0.3) is 0 Å². The number of benzene rings is 1. The van der Waals surface area contributed by atoms with Gasteiger partial charge in [-0.3, -0.25) is 4.79 Å². The fourth-order valence-corrected chi connectivity index (χ4v) is 1.03. The number of halogens is 2. The standard InChI is InChI=1S/C9H8Cl2O2/c1-2-9(12)13-6-3-4-7(10)8(11)5-6/h3-5H,2H2,1H3. The molecule has 1 aromatic rings. The van der Waals surface area contributed by atoms with Crippen molar-refractivity contribution < 1.29 is 9.53 Å². The third-order valence-corrected chi connectivity index (χ3v) is 2.15. The first-order valence-corrected chi connectivity index (χ1v) is 4.54. The van der Waals surface area contributed by atoms with E-state index < -0.39 is 0 Å². The first-order chi connectivity index (χ1) is 6.13. The number of rotatable bonds is 2. The van der Waals surface area contributed by atoms with E-state index in [0.29, 0.717) is 22.2 Å². The van der Waals surface area contributed by atoms with Crippen LogP contribution in [-0.2, 0) is 4.79 Å². The van der Waals surface area contributed by atoms with Gasteiger partial charge in [-0.05, 0) is 12.1 Å². The Morgan fingerprint density at radius 1 is 1.38 bits per heavy atom. The van der Waals surface area contributed by atoms with Crippen molar-refractivity contribution >= 4 is 29.2 Å². The smallest absolute Gasteiger partial charge is 0.310 e. The molecule has 0 heterocycles. The highest BCUT2D eigenvalue weighted by atomic mass is 35.5. The summed E-state index contributed by atoms with van der Waals surface area (Å²) in [5.74, 6) is 0.125. The summed E-state index contributed by atoms with van der Waals surface area (Å²) in [6.45, 7) is 1.72. The van der Waals surface area contributed by atoms with Gasteiger partial charge in [0.1, 0.15) is 5.75 Å². The lowest BCUT2D eigenvalue weighted by molar-refractivity contribution is -0.134. The van der Waals surface area contributed by atoms with Crippen LogP contribution in [0.2, 0.25) is 10.0 Å². The third kappa shape index (κ3) is 2.90. The molecule has 0 aliphatic carbocycles. The van der Waals surface area contributed by atoms with Crippen LogP contribution >= 0.6 is 23.2 Å². The Kier molecular flexibility index (Phi) is 3.58. The van der Waals surface area contributed by atoms with Crippen molar-refractivity contribution in [3.05, 3.63) is 28.2 Å². The average molecular weight is 219 g/mol. The molecular weight excluding hydrogens is 211 g/mol. The molecule has 0 radical (unpaired) electrons. The van der Waals surface area contributed by atoms with E-state index in [4.69, 9.17) is 27.9 Å². The van der Waals surface area contributed by atoms with Crippen LogP contribution in [0.1, 0.15) is 13.3 Å². The molecule has 0 saturated carbocycles. The van der Waals surface area contributed by atoms with E-state index in [1.54, 1.807) is 19.1 Å². The van der Waals surface area contributed by atoms with Crippen LogP contribution in [0.4, 0.5) is 0 Å². The van der Waals surface area contributed by atoms with Crippen molar-refractivity contribution in [2.45, 2.75) is 13.3 Å². The predicted molar refractivity (Wildman–Crippen MR) is 52.4 cm³/mol. The minimum Gasteiger partial charge on any atom is -0.426 e. The van der Waals surface area contributed by atoms with Crippen molar-refractivity contribution in [3.63, 3.8) is 0 Å². The third-order valence-electron chi connectivity index (χ3n) is 1.41. The van der Waals surface area contributed by atoms with Crippen LogP contribution in [0.5, 0.6) is 5.75 Å². The molecule has 0 saturated heterocycles. The Labute approximate surface area is 86.4 Å². The van der Waals surface area contributed by atoms with E-state index in [1.165, 1.54) is 6.07 Å².